The van der Waals surface area contributed by atoms with E-state index in [0.29, 0.717) is 13.0 Å². The van der Waals surface area contributed by atoms with Crippen LogP contribution in [0.4, 0.5) is 0 Å². The van der Waals surface area contributed by atoms with Crippen molar-refractivity contribution in [1.82, 2.24) is 5.32 Å². The Hall–Kier alpha value is -1.88. The van der Waals surface area contributed by atoms with Crippen LogP contribution in [0.3, 0.4) is 0 Å². The van der Waals surface area contributed by atoms with Gasteiger partial charge in [-0.05, 0) is 30.9 Å². The zero-order chi connectivity index (χ0) is 15.2. The van der Waals surface area contributed by atoms with Crippen molar-refractivity contribution >= 4 is 11.9 Å². The lowest BCUT2D eigenvalue weighted by atomic mass is 9.94. The number of hydrogen-bond donors (Lipinski definition) is 3. The molecule has 1 aromatic carbocycles. The van der Waals surface area contributed by atoms with Gasteiger partial charge in [-0.2, -0.15) is 0 Å². The monoisotopic (exact) mass is 290 g/mol. The highest BCUT2D eigenvalue weighted by atomic mass is 16.4. The summed E-state index contributed by atoms with van der Waals surface area (Å²) in [5, 5.41) is 12.0. The van der Waals surface area contributed by atoms with E-state index >= 15 is 0 Å². The summed E-state index contributed by atoms with van der Waals surface area (Å²) in [6.07, 6.45) is 3.02. The molecular formula is C16H22N2O3. The van der Waals surface area contributed by atoms with E-state index in [1.807, 2.05) is 30.3 Å². The molecule has 114 valence electrons. The summed E-state index contributed by atoms with van der Waals surface area (Å²) in [5.74, 6) is -1.15. The molecule has 4 N–H and O–H groups in total. The van der Waals surface area contributed by atoms with Gasteiger partial charge in [-0.3, -0.25) is 4.79 Å². The minimum absolute atomic E-state index is 0.146. The van der Waals surface area contributed by atoms with Crippen LogP contribution in [0.2, 0.25) is 0 Å². The van der Waals surface area contributed by atoms with Gasteiger partial charge >= 0.3 is 5.97 Å². The lowest BCUT2D eigenvalue weighted by molar-refractivity contribution is -0.142. The van der Waals surface area contributed by atoms with Gasteiger partial charge in [-0.15, -0.1) is 0 Å². The van der Waals surface area contributed by atoms with Crippen LogP contribution in [0.1, 0.15) is 24.8 Å². The molecule has 0 heterocycles. The molecule has 1 aliphatic carbocycles. The van der Waals surface area contributed by atoms with Gasteiger partial charge in [0.2, 0.25) is 5.91 Å². The van der Waals surface area contributed by atoms with Crippen LogP contribution in [0.5, 0.6) is 0 Å². The van der Waals surface area contributed by atoms with Crippen LogP contribution in [-0.2, 0) is 16.0 Å². The summed E-state index contributed by atoms with van der Waals surface area (Å²) in [5.41, 5.74) is 6.58. The molecule has 0 radical (unpaired) electrons. The van der Waals surface area contributed by atoms with Crippen molar-refractivity contribution in [3.8, 4) is 0 Å². The van der Waals surface area contributed by atoms with E-state index in [2.05, 4.69) is 5.32 Å². The molecule has 1 amide bonds. The van der Waals surface area contributed by atoms with Crippen molar-refractivity contribution in [3.05, 3.63) is 35.9 Å². The Bertz CT molecular complexity index is 490. The SMILES string of the molecule is NCC1CCCC1C(=O)N[C@@H](Cc1ccccc1)C(=O)O. The summed E-state index contributed by atoms with van der Waals surface area (Å²) in [6.45, 7) is 0.481. The quantitative estimate of drug-likeness (QED) is 0.733. The molecule has 3 atom stereocenters. The highest BCUT2D eigenvalue weighted by Crippen LogP contribution is 2.31. The van der Waals surface area contributed by atoms with Crippen LogP contribution in [-0.4, -0.2) is 29.6 Å². The van der Waals surface area contributed by atoms with Crippen molar-refractivity contribution < 1.29 is 14.7 Å². The third kappa shape index (κ3) is 4.04. The molecule has 1 saturated carbocycles. The molecule has 0 aromatic heterocycles. The lowest BCUT2D eigenvalue weighted by Crippen LogP contribution is -2.46. The fourth-order valence-electron chi connectivity index (χ4n) is 2.99. The van der Waals surface area contributed by atoms with Crippen molar-refractivity contribution in [2.45, 2.75) is 31.7 Å². The van der Waals surface area contributed by atoms with Crippen LogP contribution >= 0.6 is 0 Å². The molecule has 0 aliphatic heterocycles. The Morgan fingerprint density at radius 1 is 1.29 bits per heavy atom. The Labute approximate surface area is 124 Å². The Balaban J connectivity index is 1.99. The minimum Gasteiger partial charge on any atom is -0.480 e. The number of amides is 1. The van der Waals surface area contributed by atoms with E-state index in [-0.39, 0.29) is 17.7 Å². The number of benzene rings is 1. The second-order valence-electron chi connectivity index (χ2n) is 5.62. The molecule has 2 rings (SSSR count). The smallest absolute Gasteiger partial charge is 0.326 e. The molecule has 1 aliphatic rings. The second kappa shape index (κ2) is 7.22. The number of nitrogens with one attached hydrogen (secondary N) is 1. The highest BCUT2D eigenvalue weighted by Gasteiger charge is 2.33. The molecule has 1 fully saturated rings. The standard InChI is InChI=1S/C16H22N2O3/c17-10-12-7-4-8-13(12)15(19)18-14(16(20)21)9-11-5-2-1-3-6-11/h1-3,5-6,12-14H,4,7-10,17H2,(H,18,19)(H,20,21)/t12?,13?,14-/m0/s1. The Morgan fingerprint density at radius 3 is 2.62 bits per heavy atom. The molecule has 2 unspecified atom stereocenters. The normalized spacial score (nSPS) is 22.7. The average molecular weight is 290 g/mol. The lowest BCUT2D eigenvalue weighted by Gasteiger charge is -2.21. The zero-order valence-corrected chi connectivity index (χ0v) is 12.0. The van der Waals surface area contributed by atoms with Gasteiger partial charge < -0.3 is 16.2 Å². The van der Waals surface area contributed by atoms with Crippen molar-refractivity contribution in [1.29, 1.82) is 0 Å². The maximum Gasteiger partial charge on any atom is 0.326 e. The fourth-order valence-corrected chi connectivity index (χ4v) is 2.99. The van der Waals surface area contributed by atoms with Crippen molar-refractivity contribution in [3.63, 3.8) is 0 Å². The summed E-state index contributed by atoms with van der Waals surface area (Å²) in [7, 11) is 0. The number of rotatable bonds is 6. The topological polar surface area (TPSA) is 92.4 Å². The third-order valence-electron chi connectivity index (χ3n) is 4.20. The number of aliphatic carboxylic acids is 1. The van der Waals surface area contributed by atoms with Crippen LogP contribution in [0.25, 0.3) is 0 Å². The molecule has 5 heteroatoms. The van der Waals surface area contributed by atoms with Crippen LogP contribution in [0.15, 0.2) is 30.3 Å². The summed E-state index contributed by atoms with van der Waals surface area (Å²) >= 11 is 0. The molecule has 21 heavy (non-hydrogen) atoms. The van der Waals surface area contributed by atoms with E-state index in [0.717, 1.165) is 24.8 Å². The molecular weight excluding hydrogens is 268 g/mol. The molecule has 0 spiro atoms. The summed E-state index contributed by atoms with van der Waals surface area (Å²) < 4.78 is 0. The zero-order valence-electron chi connectivity index (χ0n) is 12.0. The first-order valence-corrected chi connectivity index (χ1v) is 7.39. The van der Waals surface area contributed by atoms with Crippen molar-refractivity contribution in [2.24, 2.45) is 17.6 Å². The molecule has 5 nitrogen and oxygen atoms in total. The maximum atomic E-state index is 12.3. The van der Waals surface area contributed by atoms with Gasteiger partial charge in [0, 0.05) is 12.3 Å². The first-order valence-electron chi connectivity index (χ1n) is 7.39. The molecule has 1 aromatic rings. The molecule has 0 bridgehead atoms. The predicted octanol–water partition coefficient (Wildman–Crippen LogP) is 1.17. The van der Waals surface area contributed by atoms with Gasteiger partial charge in [0.15, 0.2) is 0 Å². The number of carboxylic acids is 1. The summed E-state index contributed by atoms with van der Waals surface area (Å²) in [6, 6.07) is 8.43. The maximum absolute atomic E-state index is 12.3. The van der Waals surface area contributed by atoms with Gasteiger partial charge in [-0.1, -0.05) is 36.8 Å². The highest BCUT2D eigenvalue weighted by molar-refractivity contribution is 5.85. The van der Waals surface area contributed by atoms with E-state index in [4.69, 9.17) is 5.73 Å². The minimum atomic E-state index is -1.01. The van der Waals surface area contributed by atoms with E-state index in [9.17, 15) is 14.7 Å². The number of hydrogen-bond acceptors (Lipinski definition) is 3. The van der Waals surface area contributed by atoms with E-state index < -0.39 is 12.0 Å². The van der Waals surface area contributed by atoms with Crippen molar-refractivity contribution in [2.75, 3.05) is 6.54 Å². The first-order chi connectivity index (χ1) is 10.1. The number of nitrogens with two attached hydrogens (primary N) is 1. The van der Waals surface area contributed by atoms with Gasteiger partial charge in [-0.25, -0.2) is 4.79 Å². The van der Waals surface area contributed by atoms with Crippen LogP contribution in [0, 0.1) is 11.8 Å². The summed E-state index contributed by atoms with van der Waals surface area (Å²) in [4.78, 5) is 23.7. The van der Waals surface area contributed by atoms with Gasteiger partial charge in [0.05, 0.1) is 0 Å². The van der Waals surface area contributed by atoms with Gasteiger partial charge in [0.1, 0.15) is 6.04 Å². The second-order valence-corrected chi connectivity index (χ2v) is 5.62. The van der Waals surface area contributed by atoms with Crippen LogP contribution < -0.4 is 11.1 Å². The molecule has 0 saturated heterocycles. The first kappa shape index (κ1) is 15.5. The predicted molar refractivity (Wildman–Crippen MR) is 79.6 cm³/mol. The van der Waals surface area contributed by atoms with E-state index in [1.54, 1.807) is 0 Å². The number of carbonyl (C=O) groups excluding carboxylic acids is 1. The fraction of sp³-hybridized carbons (Fsp3) is 0.500. The number of carboxylic acid groups (broad SMARTS) is 1. The number of carbonyl (C=O) groups is 2. The average Bonchev–Trinajstić information content (AvgIpc) is 2.96. The Morgan fingerprint density at radius 2 is 2.00 bits per heavy atom. The third-order valence-corrected chi connectivity index (χ3v) is 4.20. The van der Waals surface area contributed by atoms with Gasteiger partial charge in [0.25, 0.3) is 0 Å². The van der Waals surface area contributed by atoms with E-state index in [1.165, 1.54) is 0 Å². The Kier molecular flexibility index (Phi) is 5.33. The largest absolute Gasteiger partial charge is 0.480 e.